The zero-order valence-corrected chi connectivity index (χ0v) is 37.4. The SMILES string of the molecule is C[C@@H](OS(=O)(=O)c1cc(C(O)=C(C(=O)c2cc(F)ccc2F)C2=Nc3ccccc3C2)ccc1F)C(N)=NS(=O)(=O)c1cc(C(O)=C(C(=O)c2cc(F)ccc2F)C2=Nc3ccccc3C2)ccc1F. The average molecular weight is 999 g/mol. The van der Waals surface area contributed by atoms with Crippen LogP contribution in [0.3, 0.4) is 0 Å². The molecule has 0 unspecified atom stereocenters. The van der Waals surface area contributed by atoms with Gasteiger partial charge in [0.05, 0.1) is 45.1 Å². The number of nitrogens with zero attached hydrogens (tertiary/aromatic N) is 3. The molecular formula is C49H32F6N4O9S2. The van der Waals surface area contributed by atoms with Gasteiger partial charge in [-0.1, -0.05) is 36.4 Å². The van der Waals surface area contributed by atoms with Gasteiger partial charge in [0.2, 0.25) is 11.6 Å². The third kappa shape index (κ3) is 9.53. The summed E-state index contributed by atoms with van der Waals surface area (Å²) in [6.45, 7) is 0.871. The number of benzene rings is 6. The van der Waals surface area contributed by atoms with Crippen LogP contribution in [0.1, 0.15) is 49.9 Å². The number of carbonyl (C=O) groups is 2. The van der Waals surface area contributed by atoms with E-state index in [1.807, 2.05) is 0 Å². The molecule has 0 spiro atoms. The summed E-state index contributed by atoms with van der Waals surface area (Å²) in [6, 6.07) is 21.0. The Kier molecular flexibility index (Phi) is 13.0. The minimum Gasteiger partial charge on any atom is -0.506 e. The maximum atomic E-state index is 15.4. The molecule has 2 aliphatic rings. The molecule has 6 aromatic rings. The number of hydrogen-bond donors (Lipinski definition) is 3. The topological polar surface area (TPSA) is 215 Å². The van der Waals surface area contributed by atoms with E-state index in [1.165, 1.54) is 0 Å². The van der Waals surface area contributed by atoms with E-state index in [4.69, 9.17) is 9.92 Å². The van der Waals surface area contributed by atoms with Crippen LogP contribution in [0.15, 0.2) is 157 Å². The van der Waals surface area contributed by atoms with Gasteiger partial charge in [-0.05, 0) is 103 Å². The molecule has 356 valence electrons. The Morgan fingerprint density at radius 2 is 1.01 bits per heavy atom. The van der Waals surface area contributed by atoms with Crippen LogP contribution in [0, 0.1) is 34.9 Å². The number of fused-ring (bicyclic) bond motifs is 2. The molecular weight excluding hydrogens is 967 g/mol. The van der Waals surface area contributed by atoms with Crippen molar-refractivity contribution in [3.05, 3.63) is 201 Å². The molecule has 1 atom stereocenters. The van der Waals surface area contributed by atoms with Crippen LogP contribution in [-0.4, -0.2) is 62.0 Å². The molecule has 13 nitrogen and oxygen atoms in total. The molecule has 21 heteroatoms. The van der Waals surface area contributed by atoms with E-state index in [2.05, 4.69) is 14.4 Å². The first-order chi connectivity index (χ1) is 33.1. The normalized spacial score (nSPS) is 14.8. The molecule has 6 aromatic carbocycles. The predicted octanol–water partition coefficient (Wildman–Crippen LogP) is 9.32. The summed E-state index contributed by atoms with van der Waals surface area (Å²) in [5, 5.41) is 23.2. The highest BCUT2D eigenvalue weighted by molar-refractivity contribution is 7.90. The van der Waals surface area contributed by atoms with Crippen molar-refractivity contribution in [3.8, 4) is 0 Å². The van der Waals surface area contributed by atoms with Crippen LogP contribution in [0.25, 0.3) is 11.5 Å². The number of nitrogens with two attached hydrogens (primary N) is 1. The molecule has 2 heterocycles. The monoisotopic (exact) mass is 998 g/mol. The second-order valence-corrected chi connectivity index (χ2v) is 18.7. The molecule has 0 amide bonds. The number of hydrogen-bond acceptors (Lipinski definition) is 11. The van der Waals surface area contributed by atoms with E-state index in [9.17, 15) is 54.2 Å². The van der Waals surface area contributed by atoms with Crippen molar-refractivity contribution in [2.45, 2.75) is 35.7 Å². The van der Waals surface area contributed by atoms with Crippen molar-refractivity contribution in [1.29, 1.82) is 0 Å². The second kappa shape index (κ2) is 18.8. The fourth-order valence-electron chi connectivity index (χ4n) is 7.45. The zero-order chi connectivity index (χ0) is 50.4. The van der Waals surface area contributed by atoms with Gasteiger partial charge in [0.25, 0.3) is 10.0 Å². The Labute approximate surface area is 394 Å². The molecule has 70 heavy (non-hydrogen) atoms. The van der Waals surface area contributed by atoms with Crippen LogP contribution in [-0.2, 0) is 37.2 Å². The van der Waals surface area contributed by atoms with E-state index < -0.39 is 133 Å². The van der Waals surface area contributed by atoms with Crippen molar-refractivity contribution in [3.63, 3.8) is 0 Å². The van der Waals surface area contributed by atoms with Crippen molar-refractivity contribution in [2.24, 2.45) is 20.1 Å². The van der Waals surface area contributed by atoms with Gasteiger partial charge in [0, 0.05) is 24.0 Å². The smallest absolute Gasteiger partial charge is 0.300 e. The lowest BCUT2D eigenvalue weighted by Crippen LogP contribution is -2.32. The number of ketones is 2. The van der Waals surface area contributed by atoms with E-state index in [0.717, 1.165) is 31.2 Å². The highest BCUT2D eigenvalue weighted by atomic mass is 32.2. The minimum absolute atomic E-state index is 0.0949. The summed E-state index contributed by atoms with van der Waals surface area (Å²) in [6.07, 6.45) is -2.26. The van der Waals surface area contributed by atoms with Crippen LogP contribution < -0.4 is 5.73 Å². The lowest BCUT2D eigenvalue weighted by molar-refractivity contribution is 0.102. The lowest BCUT2D eigenvalue weighted by atomic mass is 9.93. The lowest BCUT2D eigenvalue weighted by Gasteiger charge is -2.15. The standard InChI is InChI=1S/C49H32F6N4O9S2/c1-24(68-70(66,67)42-21-28(11-15-36(42)55)46(61)44(40-19-26-7-3-5-9-38(26)58-40)48(63)32-23-30(51)13-17-34(32)53)49(56)59-69(64,65)41-20-27(10-14-35(41)54)45(60)43(39-18-25-6-2-4-8-37(25)57-39)47(62)31-22-29(50)12-16-33(31)52/h2-17,20-24,60-61H,18-19H2,1H3,(H2,56,59)/t24-/m1/s1. The summed E-state index contributed by atoms with van der Waals surface area (Å²) in [7, 11) is -10.7. The molecule has 4 N–H and O–H groups in total. The Hall–Kier alpha value is -8.01. The zero-order valence-electron chi connectivity index (χ0n) is 35.8. The Bertz CT molecular complexity index is 3630. The van der Waals surface area contributed by atoms with E-state index in [0.29, 0.717) is 71.0 Å². The van der Waals surface area contributed by atoms with Crippen LogP contribution in [0.4, 0.5) is 37.7 Å². The molecule has 0 saturated heterocycles. The number of amidine groups is 1. The number of aliphatic hydroxyl groups excluding tert-OH is 2. The first-order valence-electron chi connectivity index (χ1n) is 20.4. The number of Topliss-reactive ketones (excluding diaryl/α,β-unsaturated/α-hetero) is 2. The minimum atomic E-state index is -5.38. The molecule has 2 aliphatic heterocycles. The summed E-state index contributed by atoms with van der Waals surface area (Å²) in [5.41, 5.74) is 3.38. The number of rotatable bonds is 14. The number of aliphatic imine (C=N–C) groups is 2. The largest absolute Gasteiger partial charge is 0.506 e. The van der Waals surface area contributed by atoms with Crippen molar-refractivity contribution in [2.75, 3.05) is 0 Å². The fraction of sp³-hybridized carbons (Fsp3) is 0.0816. The van der Waals surface area contributed by atoms with Crippen molar-refractivity contribution < 1.29 is 67.2 Å². The summed E-state index contributed by atoms with van der Waals surface area (Å²) >= 11 is 0. The molecule has 0 radical (unpaired) electrons. The highest BCUT2D eigenvalue weighted by Crippen LogP contribution is 2.36. The van der Waals surface area contributed by atoms with Gasteiger partial charge in [0.15, 0.2) is 0 Å². The number of aliphatic hydroxyl groups is 2. The molecule has 0 aliphatic carbocycles. The Balaban J connectivity index is 1.11. The van der Waals surface area contributed by atoms with E-state index in [1.54, 1.807) is 48.5 Å². The second-order valence-electron chi connectivity index (χ2n) is 15.6. The maximum absolute atomic E-state index is 15.4. The highest BCUT2D eigenvalue weighted by Gasteiger charge is 2.34. The van der Waals surface area contributed by atoms with Crippen LogP contribution in [0.5, 0.6) is 0 Å². The predicted molar refractivity (Wildman–Crippen MR) is 244 cm³/mol. The molecule has 0 aromatic heterocycles. The van der Waals surface area contributed by atoms with Gasteiger partial charge in [-0.25, -0.2) is 26.3 Å². The van der Waals surface area contributed by atoms with Crippen LogP contribution >= 0.6 is 0 Å². The number of carbonyl (C=O) groups excluding carboxylic acids is 2. The maximum Gasteiger partial charge on any atom is 0.300 e. The summed E-state index contributed by atoms with van der Waals surface area (Å²) in [5.74, 6) is -13.1. The first kappa shape index (κ1) is 48.4. The molecule has 0 saturated carbocycles. The van der Waals surface area contributed by atoms with E-state index >= 15 is 8.78 Å². The van der Waals surface area contributed by atoms with Crippen molar-refractivity contribution in [1.82, 2.24) is 0 Å². The first-order valence-corrected chi connectivity index (χ1v) is 23.3. The van der Waals surface area contributed by atoms with Crippen LogP contribution in [0.2, 0.25) is 0 Å². The van der Waals surface area contributed by atoms with E-state index in [-0.39, 0.29) is 24.3 Å². The summed E-state index contributed by atoms with van der Waals surface area (Å²) in [4.78, 5) is 33.9. The number of halogens is 6. The third-order valence-electron chi connectivity index (χ3n) is 10.9. The van der Waals surface area contributed by atoms with Gasteiger partial charge in [0.1, 0.15) is 68.2 Å². The third-order valence-corrected chi connectivity index (χ3v) is 13.6. The Morgan fingerprint density at radius 1 is 0.600 bits per heavy atom. The summed E-state index contributed by atoms with van der Waals surface area (Å²) < 4.78 is 152. The fourth-order valence-corrected chi connectivity index (χ4v) is 9.73. The molecule has 8 rings (SSSR count). The number of allylic oxidation sites excluding steroid dienone is 2. The van der Waals surface area contributed by atoms with Gasteiger partial charge >= 0.3 is 10.1 Å². The van der Waals surface area contributed by atoms with Gasteiger partial charge < -0.3 is 15.9 Å². The Morgan fingerprint density at radius 3 is 1.47 bits per heavy atom. The van der Waals surface area contributed by atoms with Gasteiger partial charge in [-0.3, -0.25) is 23.8 Å². The average Bonchev–Trinajstić information content (AvgIpc) is 3.95. The quantitative estimate of drug-likeness (QED) is 0.0179. The molecule has 0 bridgehead atoms. The number of para-hydroxylation sites is 2. The van der Waals surface area contributed by atoms with Gasteiger partial charge in [-0.15, -0.1) is 4.40 Å². The molecule has 0 fully saturated rings. The van der Waals surface area contributed by atoms with Gasteiger partial charge in [-0.2, -0.15) is 16.8 Å². The van der Waals surface area contributed by atoms with Crippen molar-refractivity contribution >= 4 is 71.9 Å². The number of sulfonamides is 1.